The molecule has 6 heteroatoms. The molecule has 0 spiro atoms. The third kappa shape index (κ3) is 3.48. The summed E-state index contributed by atoms with van der Waals surface area (Å²) >= 11 is 0. The number of esters is 1. The summed E-state index contributed by atoms with van der Waals surface area (Å²) in [5, 5.41) is 3.80. The van der Waals surface area contributed by atoms with Crippen LogP contribution in [-0.4, -0.2) is 16.1 Å². The van der Waals surface area contributed by atoms with E-state index in [9.17, 15) is 9.18 Å². The van der Waals surface area contributed by atoms with Crippen molar-refractivity contribution >= 4 is 5.97 Å². The molecule has 5 nitrogen and oxygen atoms in total. The molecule has 0 atom stereocenters. The Bertz CT molecular complexity index is 872. The number of rotatable bonds is 4. The minimum Gasteiger partial charge on any atom is -0.452 e. The Hall–Kier alpha value is -3.02. The van der Waals surface area contributed by atoms with Gasteiger partial charge in [0.2, 0.25) is 5.82 Å². The molecule has 0 fully saturated rings. The Morgan fingerprint density at radius 2 is 1.92 bits per heavy atom. The fraction of sp³-hybridized carbons (Fsp3) is 0.167. The highest BCUT2D eigenvalue weighted by molar-refractivity contribution is 5.91. The average Bonchev–Trinajstić information content (AvgIpc) is 3.04. The molecule has 122 valence electrons. The van der Waals surface area contributed by atoms with Crippen LogP contribution < -0.4 is 0 Å². The molecule has 2 aromatic carbocycles. The van der Waals surface area contributed by atoms with Crippen molar-refractivity contribution in [2.75, 3.05) is 0 Å². The SMILES string of the molecule is Cc1ccc(C)c(C(=O)OCc2nc(-c3ccc(F)cc3)no2)c1. The van der Waals surface area contributed by atoms with Gasteiger partial charge in [-0.05, 0) is 49.7 Å². The zero-order chi connectivity index (χ0) is 17.1. The number of nitrogens with zero attached hydrogens (tertiary/aromatic N) is 2. The summed E-state index contributed by atoms with van der Waals surface area (Å²) in [4.78, 5) is 16.3. The van der Waals surface area contributed by atoms with Crippen molar-refractivity contribution < 1.29 is 18.4 Å². The minimum absolute atomic E-state index is 0.125. The number of ether oxygens (including phenoxy) is 1. The molecule has 1 heterocycles. The van der Waals surface area contributed by atoms with Gasteiger partial charge in [-0.1, -0.05) is 22.9 Å². The van der Waals surface area contributed by atoms with Crippen LogP contribution in [0.15, 0.2) is 47.0 Å². The second-order valence-corrected chi connectivity index (χ2v) is 5.41. The zero-order valence-corrected chi connectivity index (χ0v) is 13.2. The maximum Gasteiger partial charge on any atom is 0.338 e. The zero-order valence-electron chi connectivity index (χ0n) is 13.2. The van der Waals surface area contributed by atoms with Crippen LogP contribution >= 0.6 is 0 Å². The number of aryl methyl sites for hydroxylation is 2. The summed E-state index contributed by atoms with van der Waals surface area (Å²) in [5.41, 5.74) is 2.94. The van der Waals surface area contributed by atoms with Gasteiger partial charge in [-0.2, -0.15) is 4.98 Å². The second kappa shape index (κ2) is 6.62. The first-order valence-corrected chi connectivity index (χ1v) is 7.36. The van der Waals surface area contributed by atoms with E-state index < -0.39 is 5.97 Å². The van der Waals surface area contributed by atoms with Crippen molar-refractivity contribution in [1.82, 2.24) is 10.1 Å². The fourth-order valence-corrected chi connectivity index (χ4v) is 2.19. The molecule has 3 rings (SSSR count). The summed E-state index contributed by atoms with van der Waals surface area (Å²) in [5.74, 6) is -0.302. The Morgan fingerprint density at radius 1 is 1.17 bits per heavy atom. The average molecular weight is 326 g/mol. The van der Waals surface area contributed by atoms with Crippen LogP contribution in [0.3, 0.4) is 0 Å². The molecular formula is C18H15FN2O3. The van der Waals surface area contributed by atoms with E-state index in [-0.39, 0.29) is 18.3 Å². The molecule has 0 amide bonds. The van der Waals surface area contributed by atoms with Gasteiger partial charge in [0.1, 0.15) is 5.82 Å². The highest BCUT2D eigenvalue weighted by Crippen LogP contribution is 2.17. The molecule has 0 N–H and O–H groups in total. The molecule has 0 aliphatic rings. The van der Waals surface area contributed by atoms with Gasteiger partial charge in [0.05, 0.1) is 5.56 Å². The quantitative estimate of drug-likeness (QED) is 0.681. The first-order chi connectivity index (χ1) is 11.5. The Morgan fingerprint density at radius 3 is 2.67 bits per heavy atom. The van der Waals surface area contributed by atoms with Crippen LogP contribution in [-0.2, 0) is 11.3 Å². The molecular weight excluding hydrogens is 311 g/mol. The maximum atomic E-state index is 12.9. The topological polar surface area (TPSA) is 65.2 Å². The first-order valence-electron chi connectivity index (χ1n) is 7.36. The van der Waals surface area contributed by atoms with E-state index in [1.54, 1.807) is 18.2 Å². The normalized spacial score (nSPS) is 10.6. The van der Waals surface area contributed by atoms with Gasteiger partial charge in [-0.15, -0.1) is 0 Å². The van der Waals surface area contributed by atoms with Gasteiger partial charge < -0.3 is 9.26 Å². The molecule has 0 bridgehead atoms. The standard InChI is InChI=1S/C18H15FN2O3/c1-11-3-4-12(2)15(9-11)18(22)23-10-16-20-17(21-24-16)13-5-7-14(19)8-6-13/h3-9H,10H2,1-2H3. The summed E-state index contributed by atoms with van der Waals surface area (Å²) in [6, 6.07) is 11.3. The fourth-order valence-electron chi connectivity index (χ4n) is 2.19. The largest absolute Gasteiger partial charge is 0.452 e. The van der Waals surface area contributed by atoms with E-state index in [4.69, 9.17) is 9.26 Å². The summed E-state index contributed by atoms with van der Waals surface area (Å²) in [6.07, 6.45) is 0. The maximum absolute atomic E-state index is 12.9. The van der Waals surface area contributed by atoms with Gasteiger partial charge in [0.25, 0.3) is 5.89 Å². The van der Waals surface area contributed by atoms with E-state index in [1.807, 2.05) is 26.0 Å². The number of hydrogen-bond acceptors (Lipinski definition) is 5. The lowest BCUT2D eigenvalue weighted by Gasteiger charge is -2.06. The summed E-state index contributed by atoms with van der Waals surface area (Å²) in [7, 11) is 0. The smallest absolute Gasteiger partial charge is 0.338 e. The third-order valence-electron chi connectivity index (χ3n) is 3.51. The molecule has 0 unspecified atom stereocenters. The number of halogens is 1. The molecule has 0 radical (unpaired) electrons. The second-order valence-electron chi connectivity index (χ2n) is 5.41. The van der Waals surface area contributed by atoms with Crippen LogP contribution in [0.2, 0.25) is 0 Å². The van der Waals surface area contributed by atoms with E-state index >= 15 is 0 Å². The van der Waals surface area contributed by atoms with Crippen molar-refractivity contribution in [3.05, 3.63) is 70.9 Å². The van der Waals surface area contributed by atoms with Crippen LogP contribution in [0.4, 0.5) is 4.39 Å². The molecule has 24 heavy (non-hydrogen) atoms. The number of carbonyl (C=O) groups is 1. The van der Waals surface area contributed by atoms with Crippen molar-refractivity contribution in [3.63, 3.8) is 0 Å². The van der Waals surface area contributed by atoms with Gasteiger partial charge in [-0.25, -0.2) is 9.18 Å². The van der Waals surface area contributed by atoms with Gasteiger partial charge in [0.15, 0.2) is 6.61 Å². The van der Waals surface area contributed by atoms with Crippen LogP contribution in [0.5, 0.6) is 0 Å². The van der Waals surface area contributed by atoms with Crippen molar-refractivity contribution in [3.8, 4) is 11.4 Å². The minimum atomic E-state index is -0.447. The Kier molecular flexibility index (Phi) is 4.37. The number of aromatic nitrogens is 2. The highest BCUT2D eigenvalue weighted by Gasteiger charge is 2.14. The van der Waals surface area contributed by atoms with Gasteiger partial charge in [-0.3, -0.25) is 0 Å². The number of benzene rings is 2. The lowest BCUT2D eigenvalue weighted by Crippen LogP contribution is -2.07. The number of carbonyl (C=O) groups excluding carboxylic acids is 1. The monoisotopic (exact) mass is 326 g/mol. The van der Waals surface area contributed by atoms with Crippen LogP contribution in [0.1, 0.15) is 27.4 Å². The molecule has 0 saturated carbocycles. The molecule has 0 aliphatic heterocycles. The predicted octanol–water partition coefficient (Wildman–Crippen LogP) is 3.85. The molecule has 1 aromatic heterocycles. The summed E-state index contributed by atoms with van der Waals surface area (Å²) in [6.45, 7) is 3.62. The Balaban J connectivity index is 1.68. The first kappa shape index (κ1) is 15.9. The third-order valence-corrected chi connectivity index (χ3v) is 3.51. The predicted molar refractivity (Wildman–Crippen MR) is 84.7 cm³/mol. The number of hydrogen-bond donors (Lipinski definition) is 0. The van der Waals surface area contributed by atoms with E-state index in [0.717, 1.165) is 11.1 Å². The van der Waals surface area contributed by atoms with E-state index in [0.29, 0.717) is 17.0 Å². The molecule has 3 aromatic rings. The summed E-state index contributed by atoms with van der Waals surface area (Å²) < 4.78 is 23.2. The van der Waals surface area contributed by atoms with Crippen LogP contribution in [0, 0.1) is 19.7 Å². The molecule has 0 aliphatic carbocycles. The van der Waals surface area contributed by atoms with Crippen molar-refractivity contribution in [2.45, 2.75) is 20.5 Å². The highest BCUT2D eigenvalue weighted by atomic mass is 19.1. The van der Waals surface area contributed by atoms with Gasteiger partial charge in [0, 0.05) is 5.56 Å². The van der Waals surface area contributed by atoms with Crippen molar-refractivity contribution in [1.29, 1.82) is 0 Å². The van der Waals surface area contributed by atoms with Crippen LogP contribution in [0.25, 0.3) is 11.4 Å². The van der Waals surface area contributed by atoms with Gasteiger partial charge >= 0.3 is 5.97 Å². The molecule has 0 saturated heterocycles. The van der Waals surface area contributed by atoms with E-state index in [1.165, 1.54) is 12.1 Å². The lowest BCUT2D eigenvalue weighted by molar-refractivity contribution is 0.0429. The lowest BCUT2D eigenvalue weighted by atomic mass is 10.1. The Labute approximate surface area is 138 Å². The van der Waals surface area contributed by atoms with Crippen molar-refractivity contribution in [2.24, 2.45) is 0 Å². The van der Waals surface area contributed by atoms with E-state index in [2.05, 4.69) is 10.1 Å².